The molecular weight excluding hydrogens is 456 g/mol. The van der Waals surface area contributed by atoms with E-state index in [1.807, 2.05) is 4.90 Å². The van der Waals surface area contributed by atoms with E-state index in [0.717, 1.165) is 43.0 Å². The summed E-state index contributed by atoms with van der Waals surface area (Å²) in [4.78, 5) is 22.1. The molecule has 3 heterocycles. The largest absolute Gasteiger partial charge is 0.345 e. The fraction of sp³-hybridized carbons (Fsp3) is 0.417. The van der Waals surface area contributed by atoms with Gasteiger partial charge < -0.3 is 9.80 Å². The Balaban J connectivity index is 1.23. The van der Waals surface area contributed by atoms with Crippen molar-refractivity contribution in [1.29, 1.82) is 0 Å². The van der Waals surface area contributed by atoms with Crippen molar-refractivity contribution in [2.75, 3.05) is 44.2 Å². The second kappa shape index (κ2) is 9.04. The molecule has 5 rings (SSSR count). The van der Waals surface area contributed by atoms with Gasteiger partial charge in [0.2, 0.25) is 10.0 Å². The number of thiazole rings is 1. The van der Waals surface area contributed by atoms with Crippen molar-refractivity contribution in [2.24, 2.45) is 0 Å². The second-order valence-corrected chi connectivity index (χ2v) is 11.5. The van der Waals surface area contributed by atoms with E-state index in [1.165, 1.54) is 14.6 Å². The van der Waals surface area contributed by atoms with Gasteiger partial charge in [0.15, 0.2) is 5.13 Å². The molecule has 0 radical (unpaired) electrons. The van der Waals surface area contributed by atoms with E-state index < -0.39 is 10.0 Å². The zero-order valence-corrected chi connectivity index (χ0v) is 20.4. The van der Waals surface area contributed by atoms with E-state index in [4.69, 9.17) is 4.98 Å². The number of amides is 1. The molecule has 0 unspecified atom stereocenters. The van der Waals surface area contributed by atoms with Crippen LogP contribution in [0.4, 0.5) is 5.13 Å². The summed E-state index contributed by atoms with van der Waals surface area (Å²) in [6.45, 7) is 5.98. The molecule has 0 bridgehead atoms. The maximum atomic E-state index is 13.0. The van der Waals surface area contributed by atoms with Crippen molar-refractivity contribution in [1.82, 2.24) is 14.2 Å². The Morgan fingerprint density at radius 3 is 2.33 bits per heavy atom. The standard InChI is InChI=1S/C24H28N4O3S2/c1-2-18-5-10-21-22(17-18)32-24(25-21)27-15-13-26(14-16-27)23(29)19-6-8-20(9-7-19)33(30,31)28-11-3-4-12-28/h5-10,17H,2-4,11-16H2,1H3. The summed E-state index contributed by atoms with van der Waals surface area (Å²) in [5.74, 6) is -0.0587. The van der Waals surface area contributed by atoms with Crippen LogP contribution in [0.2, 0.25) is 0 Å². The first-order valence-corrected chi connectivity index (χ1v) is 13.8. The topological polar surface area (TPSA) is 73.8 Å². The number of hydrogen-bond acceptors (Lipinski definition) is 6. The van der Waals surface area contributed by atoms with Crippen LogP contribution in [0, 0.1) is 0 Å². The Bertz CT molecular complexity index is 1260. The summed E-state index contributed by atoms with van der Waals surface area (Å²) < 4.78 is 28.1. The predicted octanol–water partition coefficient (Wildman–Crippen LogP) is 3.61. The lowest BCUT2D eigenvalue weighted by atomic mass is 10.2. The SMILES string of the molecule is CCc1ccc2nc(N3CCN(C(=O)c4ccc(S(=O)(=O)N5CCCC5)cc4)CC3)sc2c1. The van der Waals surface area contributed by atoms with Crippen LogP contribution in [0.3, 0.4) is 0 Å². The number of carbonyl (C=O) groups excluding carboxylic acids is 1. The number of sulfonamides is 1. The highest BCUT2D eigenvalue weighted by atomic mass is 32.2. The number of aromatic nitrogens is 1. The van der Waals surface area contributed by atoms with Gasteiger partial charge in [0.25, 0.3) is 5.91 Å². The smallest absolute Gasteiger partial charge is 0.253 e. The number of aryl methyl sites for hydroxylation is 1. The molecule has 2 aromatic carbocycles. The van der Waals surface area contributed by atoms with Crippen LogP contribution in [0.15, 0.2) is 47.4 Å². The maximum Gasteiger partial charge on any atom is 0.253 e. The van der Waals surface area contributed by atoms with E-state index in [0.29, 0.717) is 31.7 Å². The molecule has 2 fully saturated rings. The van der Waals surface area contributed by atoms with Crippen LogP contribution >= 0.6 is 11.3 Å². The molecule has 9 heteroatoms. The van der Waals surface area contributed by atoms with Gasteiger partial charge in [-0.3, -0.25) is 4.79 Å². The fourth-order valence-electron chi connectivity index (χ4n) is 4.44. The molecule has 0 saturated carbocycles. The summed E-state index contributed by atoms with van der Waals surface area (Å²) in [5.41, 5.74) is 2.86. The first kappa shape index (κ1) is 22.3. The number of nitrogens with zero attached hydrogens (tertiary/aromatic N) is 4. The number of rotatable bonds is 5. The Morgan fingerprint density at radius 1 is 0.970 bits per heavy atom. The van der Waals surface area contributed by atoms with Gasteiger partial charge in [0.05, 0.1) is 15.1 Å². The van der Waals surface area contributed by atoms with Gasteiger partial charge in [0, 0.05) is 44.8 Å². The Kier molecular flexibility index (Phi) is 6.11. The van der Waals surface area contributed by atoms with Gasteiger partial charge in [-0.1, -0.05) is 24.3 Å². The zero-order valence-electron chi connectivity index (χ0n) is 18.7. The highest BCUT2D eigenvalue weighted by molar-refractivity contribution is 7.89. The van der Waals surface area contributed by atoms with Crippen LogP contribution < -0.4 is 4.90 Å². The lowest BCUT2D eigenvalue weighted by molar-refractivity contribution is 0.0746. The van der Waals surface area contributed by atoms with Gasteiger partial charge >= 0.3 is 0 Å². The first-order chi connectivity index (χ1) is 16.0. The van der Waals surface area contributed by atoms with Crippen LogP contribution in [-0.2, 0) is 16.4 Å². The van der Waals surface area contributed by atoms with Crippen LogP contribution in [0.25, 0.3) is 10.2 Å². The number of hydrogen-bond donors (Lipinski definition) is 0. The highest BCUT2D eigenvalue weighted by Gasteiger charge is 2.28. The molecule has 1 aromatic heterocycles. The molecule has 3 aromatic rings. The van der Waals surface area contributed by atoms with Gasteiger partial charge in [-0.15, -0.1) is 0 Å². The van der Waals surface area contributed by atoms with Crippen molar-refractivity contribution in [2.45, 2.75) is 31.1 Å². The van der Waals surface area contributed by atoms with Crippen LogP contribution in [-0.4, -0.2) is 67.8 Å². The molecule has 2 saturated heterocycles. The molecule has 7 nitrogen and oxygen atoms in total. The first-order valence-electron chi connectivity index (χ1n) is 11.5. The highest BCUT2D eigenvalue weighted by Crippen LogP contribution is 2.30. The quantitative estimate of drug-likeness (QED) is 0.553. The van der Waals surface area contributed by atoms with E-state index in [-0.39, 0.29) is 10.8 Å². The van der Waals surface area contributed by atoms with Gasteiger partial charge in [-0.25, -0.2) is 13.4 Å². The van der Waals surface area contributed by atoms with E-state index >= 15 is 0 Å². The third kappa shape index (κ3) is 4.37. The van der Waals surface area contributed by atoms with Crippen molar-refractivity contribution in [3.8, 4) is 0 Å². The number of fused-ring (bicyclic) bond motifs is 1. The fourth-order valence-corrected chi connectivity index (χ4v) is 7.04. The lowest BCUT2D eigenvalue weighted by Crippen LogP contribution is -2.48. The van der Waals surface area contributed by atoms with E-state index in [9.17, 15) is 13.2 Å². The summed E-state index contributed by atoms with van der Waals surface area (Å²) in [6.07, 6.45) is 2.81. The van der Waals surface area contributed by atoms with Crippen LogP contribution in [0.1, 0.15) is 35.7 Å². The average molecular weight is 485 g/mol. The van der Waals surface area contributed by atoms with E-state index in [1.54, 1.807) is 35.6 Å². The molecule has 33 heavy (non-hydrogen) atoms. The molecule has 0 atom stereocenters. The van der Waals surface area contributed by atoms with Gasteiger partial charge in [-0.2, -0.15) is 4.31 Å². The van der Waals surface area contributed by atoms with Crippen LogP contribution in [0.5, 0.6) is 0 Å². The summed E-state index contributed by atoms with van der Waals surface area (Å²) in [7, 11) is -3.46. The molecule has 2 aliphatic heterocycles. The number of piperazine rings is 1. The monoisotopic (exact) mass is 484 g/mol. The van der Waals surface area contributed by atoms with Crippen molar-refractivity contribution in [3.05, 3.63) is 53.6 Å². The molecule has 1 amide bonds. The maximum absolute atomic E-state index is 13.0. The Morgan fingerprint density at radius 2 is 1.67 bits per heavy atom. The molecule has 0 aliphatic carbocycles. The summed E-state index contributed by atoms with van der Waals surface area (Å²) in [5, 5.41) is 1.00. The minimum absolute atomic E-state index is 0.0587. The number of carbonyl (C=O) groups is 1. The Labute approximate surface area is 198 Å². The summed E-state index contributed by atoms with van der Waals surface area (Å²) >= 11 is 1.70. The van der Waals surface area contributed by atoms with Crippen molar-refractivity contribution in [3.63, 3.8) is 0 Å². The second-order valence-electron chi connectivity index (χ2n) is 8.57. The van der Waals surface area contributed by atoms with Crippen molar-refractivity contribution >= 4 is 42.6 Å². The van der Waals surface area contributed by atoms with Crippen molar-refractivity contribution < 1.29 is 13.2 Å². The lowest BCUT2D eigenvalue weighted by Gasteiger charge is -2.34. The summed E-state index contributed by atoms with van der Waals surface area (Å²) in [6, 6.07) is 12.8. The normalized spacial score (nSPS) is 17.7. The average Bonchev–Trinajstić information content (AvgIpc) is 3.54. The third-order valence-electron chi connectivity index (χ3n) is 6.49. The number of anilines is 1. The van der Waals surface area contributed by atoms with E-state index in [2.05, 4.69) is 30.0 Å². The van der Waals surface area contributed by atoms with Gasteiger partial charge in [0.1, 0.15) is 0 Å². The molecule has 2 aliphatic rings. The van der Waals surface area contributed by atoms with Gasteiger partial charge in [-0.05, 0) is 61.2 Å². The minimum Gasteiger partial charge on any atom is -0.345 e. The molecule has 0 spiro atoms. The molecule has 0 N–H and O–H groups in total. The molecule has 174 valence electrons. The number of benzene rings is 2. The third-order valence-corrected chi connectivity index (χ3v) is 9.48. The Hall–Kier alpha value is -2.49. The predicted molar refractivity (Wildman–Crippen MR) is 132 cm³/mol. The zero-order chi connectivity index (χ0) is 23.0. The molecular formula is C24H28N4O3S2. The minimum atomic E-state index is -3.46.